The first kappa shape index (κ1) is 22.2. The standard InChI is InChI=1S/C23H24N2O5S/c1-15-7-5-6-8-19(15)25-31(27,28)22-13-17(10-9-16(22)2)23(26)24-20-14-18(29-3)11-12-21(20)30-4/h5-14,25H,1-4H3,(H,24,26). The van der Waals surface area contributed by atoms with Crippen molar-refractivity contribution >= 4 is 27.3 Å². The van der Waals surface area contributed by atoms with Crippen LogP contribution in [0.2, 0.25) is 0 Å². The van der Waals surface area contributed by atoms with E-state index in [0.29, 0.717) is 28.4 Å². The van der Waals surface area contributed by atoms with Crippen LogP contribution in [0.15, 0.2) is 65.6 Å². The zero-order chi connectivity index (χ0) is 22.6. The molecule has 0 heterocycles. The summed E-state index contributed by atoms with van der Waals surface area (Å²) in [5, 5.41) is 2.75. The maximum atomic E-state index is 13.0. The summed E-state index contributed by atoms with van der Waals surface area (Å²) in [5.41, 5.74) is 2.41. The van der Waals surface area contributed by atoms with Crippen molar-refractivity contribution in [3.8, 4) is 11.5 Å². The average Bonchev–Trinajstić information content (AvgIpc) is 2.75. The van der Waals surface area contributed by atoms with Gasteiger partial charge in [0.15, 0.2) is 0 Å². The van der Waals surface area contributed by atoms with E-state index in [1.54, 1.807) is 49.4 Å². The number of aryl methyl sites for hydroxylation is 2. The molecule has 0 unspecified atom stereocenters. The largest absolute Gasteiger partial charge is 0.497 e. The molecule has 0 aliphatic heterocycles. The van der Waals surface area contributed by atoms with Crippen LogP contribution >= 0.6 is 0 Å². The van der Waals surface area contributed by atoms with E-state index >= 15 is 0 Å². The molecule has 3 rings (SSSR count). The van der Waals surface area contributed by atoms with Crippen molar-refractivity contribution in [1.82, 2.24) is 0 Å². The highest BCUT2D eigenvalue weighted by molar-refractivity contribution is 7.92. The van der Waals surface area contributed by atoms with Crippen molar-refractivity contribution in [1.29, 1.82) is 0 Å². The minimum atomic E-state index is -3.89. The zero-order valence-electron chi connectivity index (χ0n) is 17.7. The molecule has 3 aromatic carbocycles. The molecule has 0 aliphatic rings. The lowest BCUT2D eigenvalue weighted by Gasteiger charge is -2.14. The molecule has 0 fully saturated rings. The van der Waals surface area contributed by atoms with Gasteiger partial charge in [-0.3, -0.25) is 9.52 Å². The lowest BCUT2D eigenvalue weighted by atomic mass is 10.1. The van der Waals surface area contributed by atoms with Crippen molar-refractivity contribution < 1.29 is 22.7 Å². The highest BCUT2D eigenvalue weighted by Crippen LogP contribution is 2.30. The van der Waals surface area contributed by atoms with Crippen LogP contribution in [0.3, 0.4) is 0 Å². The van der Waals surface area contributed by atoms with E-state index in [9.17, 15) is 13.2 Å². The third-order valence-electron chi connectivity index (χ3n) is 4.78. The van der Waals surface area contributed by atoms with E-state index in [-0.39, 0.29) is 10.5 Å². The van der Waals surface area contributed by atoms with Gasteiger partial charge in [0, 0.05) is 11.6 Å². The maximum Gasteiger partial charge on any atom is 0.262 e. The zero-order valence-corrected chi connectivity index (χ0v) is 18.5. The first-order valence-corrected chi connectivity index (χ1v) is 11.0. The van der Waals surface area contributed by atoms with Crippen LogP contribution in [0.25, 0.3) is 0 Å². The van der Waals surface area contributed by atoms with Gasteiger partial charge in [-0.05, 0) is 55.3 Å². The van der Waals surface area contributed by atoms with Crippen LogP contribution in [0.5, 0.6) is 11.5 Å². The lowest BCUT2D eigenvalue weighted by molar-refractivity contribution is 0.102. The van der Waals surface area contributed by atoms with E-state index in [4.69, 9.17) is 9.47 Å². The third kappa shape index (κ3) is 4.97. The SMILES string of the molecule is COc1ccc(OC)c(NC(=O)c2ccc(C)c(S(=O)(=O)Nc3ccccc3C)c2)c1. The second kappa shape index (κ2) is 9.09. The minimum Gasteiger partial charge on any atom is -0.497 e. The Morgan fingerprint density at radius 2 is 1.58 bits per heavy atom. The Bertz CT molecular complexity index is 1220. The molecule has 0 aliphatic carbocycles. The summed E-state index contributed by atoms with van der Waals surface area (Å²) < 4.78 is 39.1. The predicted molar refractivity (Wildman–Crippen MR) is 121 cm³/mol. The summed E-state index contributed by atoms with van der Waals surface area (Å²) in [5.74, 6) is 0.528. The molecule has 0 saturated heterocycles. The molecule has 0 bridgehead atoms. The molecule has 0 aromatic heterocycles. The van der Waals surface area contributed by atoms with E-state index in [1.165, 1.54) is 20.3 Å². The Morgan fingerprint density at radius 1 is 0.839 bits per heavy atom. The summed E-state index contributed by atoms with van der Waals surface area (Å²) in [6.07, 6.45) is 0. The van der Waals surface area contributed by atoms with Gasteiger partial charge >= 0.3 is 0 Å². The predicted octanol–water partition coefficient (Wildman–Crippen LogP) is 4.37. The fourth-order valence-corrected chi connectivity index (χ4v) is 4.43. The Labute approximate surface area is 182 Å². The molecule has 0 radical (unpaired) electrons. The van der Waals surface area contributed by atoms with Crippen molar-refractivity contribution in [2.75, 3.05) is 24.3 Å². The summed E-state index contributed by atoms with van der Waals surface area (Å²) in [6.45, 7) is 3.50. The molecule has 162 valence electrons. The van der Waals surface area contributed by atoms with Crippen molar-refractivity contribution in [3.63, 3.8) is 0 Å². The highest BCUT2D eigenvalue weighted by atomic mass is 32.2. The number of para-hydroxylation sites is 1. The number of hydrogen-bond acceptors (Lipinski definition) is 5. The summed E-state index contributed by atoms with van der Waals surface area (Å²) in [6, 6.07) is 16.6. The second-order valence-electron chi connectivity index (χ2n) is 6.92. The molecule has 7 nitrogen and oxygen atoms in total. The number of rotatable bonds is 7. The van der Waals surface area contributed by atoms with Gasteiger partial charge in [-0.1, -0.05) is 24.3 Å². The van der Waals surface area contributed by atoms with E-state index in [0.717, 1.165) is 5.56 Å². The van der Waals surface area contributed by atoms with Crippen LogP contribution in [-0.2, 0) is 10.0 Å². The molecule has 1 amide bonds. The molecule has 0 atom stereocenters. The molecule has 31 heavy (non-hydrogen) atoms. The van der Waals surface area contributed by atoms with Crippen molar-refractivity contribution in [2.24, 2.45) is 0 Å². The number of sulfonamides is 1. The molecular formula is C23H24N2O5S. The second-order valence-corrected chi connectivity index (χ2v) is 8.57. The smallest absolute Gasteiger partial charge is 0.262 e. The van der Waals surface area contributed by atoms with Gasteiger partial charge in [-0.15, -0.1) is 0 Å². The molecular weight excluding hydrogens is 416 g/mol. The number of methoxy groups -OCH3 is 2. The molecule has 0 spiro atoms. The van der Waals surface area contributed by atoms with Gasteiger partial charge < -0.3 is 14.8 Å². The fraction of sp³-hybridized carbons (Fsp3) is 0.174. The first-order valence-electron chi connectivity index (χ1n) is 9.47. The average molecular weight is 441 g/mol. The van der Waals surface area contributed by atoms with Crippen LogP contribution in [-0.4, -0.2) is 28.5 Å². The third-order valence-corrected chi connectivity index (χ3v) is 6.29. The number of amides is 1. The minimum absolute atomic E-state index is 0.0287. The summed E-state index contributed by atoms with van der Waals surface area (Å²) in [4.78, 5) is 12.9. The molecule has 2 N–H and O–H groups in total. The Hall–Kier alpha value is -3.52. The van der Waals surface area contributed by atoms with Gasteiger partial charge in [-0.2, -0.15) is 0 Å². The van der Waals surface area contributed by atoms with Crippen molar-refractivity contribution in [2.45, 2.75) is 18.7 Å². The summed E-state index contributed by atoms with van der Waals surface area (Å²) in [7, 11) is -0.882. The number of benzene rings is 3. The van der Waals surface area contributed by atoms with E-state index < -0.39 is 15.9 Å². The Morgan fingerprint density at radius 3 is 2.26 bits per heavy atom. The topological polar surface area (TPSA) is 93.7 Å². The number of carbonyl (C=O) groups is 1. The highest BCUT2D eigenvalue weighted by Gasteiger charge is 2.20. The lowest BCUT2D eigenvalue weighted by Crippen LogP contribution is -2.17. The van der Waals surface area contributed by atoms with Crippen LogP contribution in [0.1, 0.15) is 21.5 Å². The number of anilines is 2. The Kier molecular flexibility index (Phi) is 6.50. The van der Waals surface area contributed by atoms with Gasteiger partial charge in [0.25, 0.3) is 15.9 Å². The normalized spacial score (nSPS) is 11.0. The summed E-state index contributed by atoms with van der Waals surface area (Å²) >= 11 is 0. The number of hydrogen-bond donors (Lipinski definition) is 2. The molecule has 0 saturated carbocycles. The monoisotopic (exact) mass is 440 g/mol. The maximum absolute atomic E-state index is 13.0. The van der Waals surface area contributed by atoms with Gasteiger partial charge in [-0.25, -0.2) is 8.42 Å². The number of carbonyl (C=O) groups excluding carboxylic acids is 1. The van der Waals surface area contributed by atoms with E-state index in [2.05, 4.69) is 10.0 Å². The van der Waals surface area contributed by atoms with Gasteiger partial charge in [0.05, 0.1) is 30.5 Å². The Balaban J connectivity index is 1.92. The van der Waals surface area contributed by atoms with Crippen LogP contribution < -0.4 is 19.5 Å². The van der Waals surface area contributed by atoms with Crippen molar-refractivity contribution in [3.05, 3.63) is 77.4 Å². The quantitative estimate of drug-likeness (QED) is 0.569. The number of ether oxygens (including phenoxy) is 2. The molecule has 8 heteroatoms. The van der Waals surface area contributed by atoms with Gasteiger partial charge in [0.1, 0.15) is 11.5 Å². The first-order chi connectivity index (χ1) is 14.7. The van der Waals surface area contributed by atoms with E-state index in [1.807, 2.05) is 19.1 Å². The van der Waals surface area contributed by atoms with Crippen LogP contribution in [0, 0.1) is 13.8 Å². The van der Waals surface area contributed by atoms with Crippen LogP contribution in [0.4, 0.5) is 11.4 Å². The molecule has 3 aromatic rings. The fourth-order valence-electron chi connectivity index (χ4n) is 3.02. The van der Waals surface area contributed by atoms with Gasteiger partial charge in [0.2, 0.25) is 0 Å². The number of nitrogens with one attached hydrogen (secondary N) is 2.